The number of nitrogens with zero attached hydrogens (tertiary/aromatic N) is 3. The molecule has 1 heterocycles. The number of terminal acetylenes is 1. The summed E-state index contributed by atoms with van der Waals surface area (Å²) in [7, 11) is 1.40. The number of hydrogen-bond donors (Lipinski definition) is 0. The minimum absolute atomic E-state index is 0.101. The first-order valence-electron chi connectivity index (χ1n) is 9.52. The standard InChI is InChI=1S/C12H12F2N3.C2H3O3S.2C2H6.C2H2.Hg/c1-2-9(6-17-8-15-7-16-17)11-5-10(13)3-4-12(11)14;1-4-6-5-2-3;3*1-2;/h2-5,7-9H,6H2,1H3;1H3;2*1-2H3;1-2H;. The molecule has 2 rings (SSSR count). The van der Waals surface area contributed by atoms with Gasteiger partial charge in [-0.05, 0) is 0 Å². The zero-order valence-electron chi connectivity index (χ0n) is 18.3. The molecule has 0 aliphatic carbocycles. The molecule has 0 saturated carbocycles. The fraction of sp³-hybridized carbons (Fsp3) is 0.450. The van der Waals surface area contributed by atoms with Gasteiger partial charge in [0, 0.05) is 0 Å². The molecule has 2 aromatic rings. The average molecular weight is 630 g/mol. The van der Waals surface area contributed by atoms with Gasteiger partial charge < -0.3 is 0 Å². The first-order valence-corrected chi connectivity index (χ1v) is 16.1. The van der Waals surface area contributed by atoms with Gasteiger partial charge in [0.25, 0.3) is 0 Å². The zero-order chi connectivity index (χ0) is 23.5. The molecule has 0 spiro atoms. The molecule has 6 nitrogen and oxygen atoms in total. The summed E-state index contributed by atoms with van der Waals surface area (Å²) in [5.41, 5.74) is 0.241. The summed E-state index contributed by atoms with van der Waals surface area (Å²) in [5, 5.41) is 4.02. The molecule has 1 aromatic carbocycles. The van der Waals surface area contributed by atoms with Gasteiger partial charge in [-0.3, -0.25) is 0 Å². The Kier molecular flexibility index (Phi) is 19.9. The Morgan fingerprint density at radius 2 is 1.90 bits per heavy atom. The maximum absolute atomic E-state index is 14.2. The van der Waals surface area contributed by atoms with Crippen LogP contribution in [0.4, 0.5) is 13.6 Å². The average Bonchev–Trinajstić information content (AvgIpc) is 3.30. The summed E-state index contributed by atoms with van der Waals surface area (Å²) in [6, 6.07) is 3.35. The molecular weight excluding hydrogens is 601 g/mol. The molecule has 0 aliphatic heterocycles. The predicted molar refractivity (Wildman–Crippen MR) is 112 cm³/mol. The monoisotopic (exact) mass is 631 g/mol. The number of halogens is 2. The predicted octanol–water partition coefficient (Wildman–Crippen LogP) is 5.88. The SMILES string of the molecule is C#C.CC.CC.COSO[C](=O)[Hg][C@H](C)C(Cn1cncn1)c1cc(F)ccc1F. The molecule has 10 heteroatoms. The summed E-state index contributed by atoms with van der Waals surface area (Å²) in [6.45, 7) is 10.2. The number of carbonyl (C=O) groups excluding carboxylic acids is 1. The van der Waals surface area contributed by atoms with Gasteiger partial charge in [-0.15, -0.1) is 12.8 Å². The van der Waals surface area contributed by atoms with Gasteiger partial charge in [-0.1, -0.05) is 27.7 Å². The number of carbonyl (C=O) groups is 1. The quantitative estimate of drug-likeness (QED) is 0.207. The van der Waals surface area contributed by atoms with Gasteiger partial charge in [0.05, 0.1) is 0 Å². The van der Waals surface area contributed by atoms with Crippen LogP contribution in [0, 0.1) is 24.5 Å². The van der Waals surface area contributed by atoms with Gasteiger partial charge in [0.15, 0.2) is 0 Å². The molecule has 30 heavy (non-hydrogen) atoms. The van der Waals surface area contributed by atoms with Gasteiger partial charge >= 0.3 is 155 Å². The van der Waals surface area contributed by atoms with E-state index in [9.17, 15) is 13.6 Å². The van der Waals surface area contributed by atoms with Crippen molar-refractivity contribution in [1.82, 2.24) is 14.8 Å². The topological polar surface area (TPSA) is 66.2 Å². The van der Waals surface area contributed by atoms with Crippen LogP contribution in [0.2, 0.25) is 3.43 Å². The van der Waals surface area contributed by atoms with Crippen molar-refractivity contribution in [2.75, 3.05) is 7.11 Å². The Balaban J connectivity index is 0. The van der Waals surface area contributed by atoms with Crippen molar-refractivity contribution in [2.24, 2.45) is 0 Å². The van der Waals surface area contributed by atoms with Gasteiger partial charge in [0.2, 0.25) is 0 Å². The molecule has 0 fully saturated rings. The fourth-order valence-electron chi connectivity index (χ4n) is 2.42. The Labute approximate surface area is 195 Å². The summed E-state index contributed by atoms with van der Waals surface area (Å²) in [6.07, 6.45) is 10.9. The van der Waals surface area contributed by atoms with Crippen molar-refractivity contribution in [3.05, 3.63) is 48.1 Å². The number of benzene rings is 1. The van der Waals surface area contributed by atoms with Crippen LogP contribution in [0.3, 0.4) is 0 Å². The van der Waals surface area contributed by atoms with Crippen LogP contribution in [-0.2, 0) is 39.5 Å². The first kappa shape index (κ1) is 30.7. The van der Waals surface area contributed by atoms with E-state index in [4.69, 9.17) is 4.18 Å². The van der Waals surface area contributed by atoms with Crippen LogP contribution in [0.15, 0.2) is 30.9 Å². The van der Waals surface area contributed by atoms with E-state index in [1.54, 1.807) is 4.68 Å². The Hall–Kier alpha value is -1.50. The van der Waals surface area contributed by atoms with Crippen LogP contribution in [0.25, 0.3) is 0 Å². The van der Waals surface area contributed by atoms with Crippen molar-refractivity contribution >= 4 is 15.8 Å². The fourth-order valence-corrected chi connectivity index (χ4v) is 8.71. The summed E-state index contributed by atoms with van der Waals surface area (Å²) < 4.78 is 38.5. The molecule has 0 saturated heterocycles. The Morgan fingerprint density at radius 3 is 2.43 bits per heavy atom. The summed E-state index contributed by atoms with van der Waals surface area (Å²) in [5.74, 6) is -1.40. The Morgan fingerprint density at radius 1 is 1.27 bits per heavy atom. The van der Waals surface area contributed by atoms with E-state index in [0.29, 0.717) is 18.9 Å². The second kappa shape index (κ2) is 19.5. The second-order valence-corrected chi connectivity index (χ2v) is 14.7. The van der Waals surface area contributed by atoms with Crippen molar-refractivity contribution in [3.8, 4) is 12.8 Å². The van der Waals surface area contributed by atoms with E-state index in [1.165, 1.54) is 25.8 Å². The zero-order valence-corrected chi connectivity index (χ0v) is 24.7. The molecule has 2 atom stereocenters. The van der Waals surface area contributed by atoms with Crippen molar-refractivity contribution in [3.63, 3.8) is 0 Å². The molecule has 1 unspecified atom stereocenters. The second-order valence-electron chi connectivity index (χ2n) is 5.26. The third-order valence-electron chi connectivity index (χ3n) is 3.58. The van der Waals surface area contributed by atoms with E-state index in [-0.39, 0.29) is 18.4 Å². The van der Waals surface area contributed by atoms with E-state index in [0.717, 1.165) is 12.1 Å². The van der Waals surface area contributed by atoms with E-state index in [1.807, 2.05) is 34.6 Å². The molecular formula is C20H29F2HgN3O3S. The van der Waals surface area contributed by atoms with Crippen molar-refractivity contribution in [1.29, 1.82) is 0 Å². The number of rotatable bonds is 8. The Bertz CT molecular complexity index is 719. The van der Waals surface area contributed by atoms with Crippen LogP contribution < -0.4 is 0 Å². The summed E-state index contributed by atoms with van der Waals surface area (Å²) >= 11 is -1.62. The maximum atomic E-state index is 14.2. The third kappa shape index (κ3) is 11.6. The van der Waals surface area contributed by atoms with E-state index >= 15 is 0 Å². The number of aromatic nitrogens is 3. The van der Waals surface area contributed by atoms with Gasteiger partial charge in [-0.2, -0.15) is 0 Å². The molecule has 0 bridgehead atoms. The van der Waals surface area contributed by atoms with Crippen molar-refractivity contribution < 1.29 is 46.5 Å². The van der Waals surface area contributed by atoms with Crippen LogP contribution >= 0.6 is 12.3 Å². The molecule has 0 aliphatic rings. The van der Waals surface area contributed by atoms with Crippen molar-refractivity contribution in [2.45, 2.75) is 50.5 Å². The van der Waals surface area contributed by atoms with E-state index in [2.05, 4.69) is 27.1 Å². The van der Waals surface area contributed by atoms with Crippen LogP contribution in [0.5, 0.6) is 0 Å². The van der Waals surface area contributed by atoms with Gasteiger partial charge in [-0.25, -0.2) is 0 Å². The molecule has 0 N–H and O–H groups in total. The normalized spacial score (nSPS) is 11.0. The van der Waals surface area contributed by atoms with Crippen LogP contribution in [-0.4, -0.2) is 25.4 Å². The van der Waals surface area contributed by atoms with E-state index < -0.39 is 36.2 Å². The summed E-state index contributed by atoms with van der Waals surface area (Å²) in [4.78, 5) is 15.7. The minimum atomic E-state index is -2.24. The van der Waals surface area contributed by atoms with Crippen LogP contribution in [0.1, 0.15) is 46.1 Å². The molecule has 1 aromatic heterocycles. The molecule has 164 valence electrons. The van der Waals surface area contributed by atoms with Gasteiger partial charge in [0.1, 0.15) is 0 Å². The molecule has 0 amide bonds. The third-order valence-corrected chi connectivity index (χ3v) is 11.4. The first-order chi connectivity index (χ1) is 14.5. The molecule has 0 radical (unpaired) electrons. The number of hydrogen-bond acceptors (Lipinski definition) is 6.